The summed E-state index contributed by atoms with van der Waals surface area (Å²) in [6, 6.07) is 10.7. The number of fused-ring (bicyclic) bond motifs is 2. The molecule has 172 valence electrons. The van der Waals surface area contributed by atoms with Crippen molar-refractivity contribution in [1.29, 1.82) is 0 Å². The number of rotatable bonds is 4. The average Bonchev–Trinajstić information content (AvgIpc) is 3.43. The predicted molar refractivity (Wildman–Crippen MR) is 113 cm³/mol. The van der Waals surface area contributed by atoms with E-state index in [1.54, 1.807) is 42.5 Å². The molecule has 0 bridgehead atoms. The lowest BCUT2D eigenvalue weighted by Gasteiger charge is -2.33. The van der Waals surface area contributed by atoms with Gasteiger partial charge in [-0.2, -0.15) is 18.3 Å². The molecule has 0 saturated heterocycles. The lowest BCUT2D eigenvalue weighted by atomic mass is 9.96. The van der Waals surface area contributed by atoms with Crippen molar-refractivity contribution >= 4 is 23.3 Å². The fourth-order valence-corrected chi connectivity index (χ4v) is 4.03. The van der Waals surface area contributed by atoms with Crippen LogP contribution in [-0.2, 0) is 6.54 Å². The van der Waals surface area contributed by atoms with Crippen molar-refractivity contribution < 1.29 is 27.4 Å². The molecule has 11 heteroatoms. The molecule has 1 aromatic heterocycles. The van der Waals surface area contributed by atoms with Crippen molar-refractivity contribution in [2.24, 2.45) is 0 Å². The third-order valence-electron chi connectivity index (χ3n) is 5.59. The van der Waals surface area contributed by atoms with Crippen molar-refractivity contribution in [3.05, 3.63) is 70.4 Å². The van der Waals surface area contributed by atoms with Gasteiger partial charge in [0.25, 0.3) is 5.91 Å². The summed E-state index contributed by atoms with van der Waals surface area (Å²) in [5.74, 6) is 0.572. The molecule has 0 fully saturated rings. The van der Waals surface area contributed by atoms with Crippen LogP contribution in [0.15, 0.2) is 48.5 Å². The van der Waals surface area contributed by atoms with E-state index in [0.717, 1.165) is 10.2 Å². The van der Waals surface area contributed by atoms with Gasteiger partial charge in [0.2, 0.25) is 6.79 Å². The SMILES string of the molecule is O=C(NCc1ccc(Cl)cc1)c1cc2n(n1)[C@@H](C(F)(F)F)C[C@@H](c1ccc3c(c1)OCO3)N2. The second-order valence-electron chi connectivity index (χ2n) is 7.77. The van der Waals surface area contributed by atoms with Crippen LogP contribution in [0.4, 0.5) is 19.0 Å². The number of alkyl halides is 3. The zero-order valence-corrected chi connectivity index (χ0v) is 17.8. The molecule has 2 aliphatic heterocycles. The quantitative estimate of drug-likeness (QED) is 0.560. The first-order valence-corrected chi connectivity index (χ1v) is 10.5. The number of benzene rings is 2. The molecule has 0 saturated carbocycles. The first-order valence-electron chi connectivity index (χ1n) is 10.1. The number of carbonyl (C=O) groups excluding carboxylic acids is 1. The molecule has 0 radical (unpaired) electrons. The molecule has 0 unspecified atom stereocenters. The highest BCUT2D eigenvalue weighted by Crippen LogP contribution is 2.45. The van der Waals surface area contributed by atoms with Gasteiger partial charge in [-0.1, -0.05) is 29.8 Å². The summed E-state index contributed by atoms with van der Waals surface area (Å²) in [7, 11) is 0. The van der Waals surface area contributed by atoms with Crippen LogP contribution in [0, 0.1) is 0 Å². The minimum absolute atomic E-state index is 0.0727. The average molecular weight is 479 g/mol. The summed E-state index contributed by atoms with van der Waals surface area (Å²) in [6.07, 6.45) is -4.84. The number of amides is 1. The summed E-state index contributed by atoms with van der Waals surface area (Å²) in [6.45, 7) is 0.261. The van der Waals surface area contributed by atoms with Gasteiger partial charge < -0.3 is 20.1 Å². The normalized spacial score (nSPS) is 19.0. The molecule has 1 amide bonds. The van der Waals surface area contributed by atoms with Crippen LogP contribution < -0.4 is 20.1 Å². The minimum Gasteiger partial charge on any atom is -0.454 e. The number of nitrogens with one attached hydrogen (secondary N) is 2. The van der Waals surface area contributed by atoms with Crippen LogP contribution in [0.3, 0.4) is 0 Å². The van der Waals surface area contributed by atoms with Gasteiger partial charge in [0, 0.05) is 24.1 Å². The molecule has 2 N–H and O–H groups in total. The van der Waals surface area contributed by atoms with Crippen LogP contribution in [0.5, 0.6) is 11.5 Å². The van der Waals surface area contributed by atoms with Crippen molar-refractivity contribution in [3.63, 3.8) is 0 Å². The summed E-state index contributed by atoms with van der Waals surface area (Å²) in [5.41, 5.74) is 1.31. The van der Waals surface area contributed by atoms with E-state index in [1.165, 1.54) is 6.07 Å². The zero-order chi connectivity index (χ0) is 23.2. The highest BCUT2D eigenvalue weighted by molar-refractivity contribution is 6.30. The summed E-state index contributed by atoms with van der Waals surface area (Å²) < 4.78 is 53.1. The molecule has 33 heavy (non-hydrogen) atoms. The Morgan fingerprint density at radius 1 is 1.15 bits per heavy atom. The highest BCUT2D eigenvalue weighted by Gasteiger charge is 2.47. The number of aromatic nitrogens is 2. The van der Waals surface area contributed by atoms with Crippen LogP contribution in [-0.4, -0.2) is 28.7 Å². The summed E-state index contributed by atoms with van der Waals surface area (Å²) in [5, 5.41) is 10.3. The Morgan fingerprint density at radius 3 is 2.67 bits per heavy atom. The first-order chi connectivity index (χ1) is 15.8. The zero-order valence-electron chi connectivity index (χ0n) is 17.0. The van der Waals surface area contributed by atoms with Gasteiger partial charge in [-0.05, 0) is 35.4 Å². The third kappa shape index (κ3) is 4.30. The lowest BCUT2D eigenvalue weighted by Crippen LogP contribution is -2.35. The largest absolute Gasteiger partial charge is 0.454 e. The maximum absolute atomic E-state index is 13.9. The fourth-order valence-electron chi connectivity index (χ4n) is 3.91. The Bertz CT molecular complexity index is 1200. The molecule has 7 nitrogen and oxygen atoms in total. The number of anilines is 1. The van der Waals surface area contributed by atoms with E-state index < -0.39 is 24.2 Å². The van der Waals surface area contributed by atoms with Crippen LogP contribution in [0.2, 0.25) is 5.02 Å². The molecule has 0 aliphatic carbocycles. The van der Waals surface area contributed by atoms with Crippen molar-refractivity contribution in [3.8, 4) is 11.5 Å². The Morgan fingerprint density at radius 2 is 1.91 bits per heavy atom. The van der Waals surface area contributed by atoms with Gasteiger partial charge in [0.1, 0.15) is 5.82 Å². The summed E-state index contributed by atoms with van der Waals surface area (Å²) >= 11 is 5.85. The van der Waals surface area contributed by atoms with E-state index in [9.17, 15) is 18.0 Å². The van der Waals surface area contributed by atoms with Crippen LogP contribution >= 0.6 is 11.6 Å². The van der Waals surface area contributed by atoms with E-state index in [0.29, 0.717) is 22.1 Å². The van der Waals surface area contributed by atoms with E-state index in [4.69, 9.17) is 21.1 Å². The van der Waals surface area contributed by atoms with Crippen LogP contribution in [0.25, 0.3) is 0 Å². The number of halogens is 4. The fraction of sp³-hybridized carbons (Fsp3) is 0.273. The standard InChI is InChI=1S/C22H18ClF3N4O3/c23-14-4-1-12(2-5-14)10-27-21(31)16-9-20-28-15(8-19(22(24,25)26)30(20)29-16)13-3-6-17-18(7-13)33-11-32-17/h1-7,9,15,19,28H,8,10-11H2,(H,27,31)/t15-,19+/m0/s1. The molecule has 3 heterocycles. The second kappa shape index (κ2) is 8.18. The second-order valence-corrected chi connectivity index (χ2v) is 8.21. The van der Waals surface area contributed by atoms with Crippen molar-refractivity contribution in [1.82, 2.24) is 15.1 Å². The molecule has 2 atom stereocenters. The van der Waals surface area contributed by atoms with Gasteiger partial charge in [-0.25, -0.2) is 4.68 Å². The molecular formula is C22H18ClF3N4O3. The number of hydrogen-bond donors (Lipinski definition) is 2. The van der Waals surface area contributed by atoms with Gasteiger partial charge >= 0.3 is 6.18 Å². The minimum atomic E-state index is -4.55. The van der Waals surface area contributed by atoms with E-state index >= 15 is 0 Å². The Labute approximate surface area is 191 Å². The molecule has 0 spiro atoms. The van der Waals surface area contributed by atoms with E-state index in [-0.39, 0.29) is 31.3 Å². The summed E-state index contributed by atoms with van der Waals surface area (Å²) in [4.78, 5) is 12.6. The Balaban J connectivity index is 1.38. The van der Waals surface area contributed by atoms with Gasteiger partial charge in [-0.15, -0.1) is 0 Å². The molecular weight excluding hydrogens is 461 g/mol. The monoisotopic (exact) mass is 478 g/mol. The maximum atomic E-state index is 13.9. The highest BCUT2D eigenvalue weighted by atomic mass is 35.5. The molecule has 3 aromatic rings. The van der Waals surface area contributed by atoms with Crippen LogP contribution in [0.1, 0.15) is 40.1 Å². The number of carbonyl (C=O) groups is 1. The Hall–Kier alpha value is -3.40. The molecule has 2 aromatic carbocycles. The van der Waals surface area contributed by atoms with Crippen molar-refractivity contribution in [2.75, 3.05) is 12.1 Å². The van der Waals surface area contributed by atoms with E-state index in [1.807, 2.05) is 0 Å². The van der Waals surface area contributed by atoms with Crippen molar-refractivity contribution in [2.45, 2.75) is 31.2 Å². The maximum Gasteiger partial charge on any atom is 0.410 e. The van der Waals surface area contributed by atoms with Gasteiger partial charge in [0.05, 0.1) is 6.04 Å². The molecule has 5 rings (SSSR count). The third-order valence-corrected chi connectivity index (χ3v) is 5.84. The first kappa shape index (κ1) is 21.4. The predicted octanol–water partition coefficient (Wildman–Crippen LogP) is 4.86. The van der Waals surface area contributed by atoms with Gasteiger partial charge in [0.15, 0.2) is 23.2 Å². The van der Waals surface area contributed by atoms with E-state index in [2.05, 4.69) is 15.7 Å². The number of hydrogen-bond acceptors (Lipinski definition) is 5. The Kier molecular flexibility index (Phi) is 5.32. The topological polar surface area (TPSA) is 77.4 Å². The van der Waals surface area contributed by atoms with Gasteiger partial charge in [-0.3, -0.25) is 4.79 Å². The smallest absolute Gasteiger partial charge is 0.410 e. The lowest BCUT2D eigenvalue weighted by molar-refractivity contribution is -0.173. The molecule has 2 aliphatic rings. The number of nitrogens with zero attached hydrogens (tertiary/aromatic N) is 2. The number of ether oxygens (including phenoxy) is 2.